The number of likely N-dealkylation sites (tertiary alicyclic amines) is 1. The lowest BCUT2D eigenvalue weighted by atomic mass is 10.1. The average molecular weight is 525 g/mol. The van der Waals surface area contributed by atoms with E-state index in [1.54, 1.807) is 0 Å². The van der Waals surface area contributed by atoms with Crippen molar-refractivity contribution in [2.45, 2.75) is 70.6 Å². The van der Waals surface area contributed by atoms with Crippen molar-refractivity contribution < 1.29 is 4.79 Å². The minimum atomic E-state index is 0. The maximum Gasteiger partial charge on any atom is 0.223 e. The van der Waals surface area contributed by atoms with Crippen molar-refractivity contribution in [3.8, 4) is 0 Å². The number of guanidine groups is 1. The van der Waals surface area contributed by atoms with Gasteiger partial charge in [-0.15, -0.1) is 24.0 Å². The molecule has 3 aliphatic rings. The number of rotatable bonds is 7. The molecule has 166 valence electrons. The average Bonchev–Trinajstić information content (AvgIpc) is 3.49. The van der Waals surface area contributed by atoms with Crippen LogP contribution in [0.25, 0.3) is 0 Å². The fraction of sp³-hybridized carbons (Fsp3) is 0.652. The summed E-state index contributed by atoms with van der Waals surface area (Å²) in [5.74, 6) is 1.14. The molecule has 2 N–H and O–H groups in total. The molecule has 0 spiro atoms. The van der Waals surface area contributed by atoms with Gasteiger partial charge in [0.1, 0.15) is 0 Å². The zero-order chi connectivity index (χ0) is 20.1. The van der Waals surface area contributed by atoms with E-state index in [2.05, 4.69) is 34.6 Å². The van der Waals surface area contributed by atoms with Crippen LogP contribution in [0.15, 0.2) is 29.3 Å². The van der Waals surface area contributed by atoms with Gasteiger partial charge in [0.05, 0.1) is 0 Å². The number of hydrogen-bond donors (Lipinski definition) is 2. The Morgan fingerprint density at radius 1 is 1.10 bits per heavy atom. The van der Waals surface area contributed by atoms with Gasteiger partial charge in [-0.3, -0.25) is 9.79 Å². The van der Waals surface area contributed by atoms with Crippen molar-refractivity contribution in [2.75, 3.05) is 26.2 Å². The van der Waals surface area contributed by atoms with Crippen LogP contribution < -0.4 is 10.6 Å². The third-order valence-corrected chi connectivity index (χ3v) is 6.29. The van der Waals surface area contributed by atoms with Crippen molar-refractivity contribution in [1.82, 2.24) is 20.4 Å². The first-order chi connectivity index (χ1) is 14.2. The lowest BCUT2D eigenvalue weighted by molar-refractivity contribution is -0.131. The number of benzene rings is 1. The molecule has 1 amide bonds. The first-order valence-electron chi connectivity index (χ1n) is 11.4. The van der Waals surface area contributed by atoms with Crippen LogP contribution >= 0.6 is 24.0 Å². The summed E-state index contributed by atoms with van der Waals surface area (Å²) in [6.07, 6.45) is 6.53. The molecular weight excluding hydrogens is 489 g/mol. The van der Waals surface area contributed by atoms with E-state index in [4.69, 9.17) is 4.99 Å². The van der Waals surface area contributed by atoms with Crippen LogP contribution in [-0.4, -0.2) is 59.9 Å². The molecule has 1 aromatic carbocycles. The Morgan fingerprint density at radius 3 is 2.37 bits per heavy atom. The molecule has 0 radical (unpaired) electrons. The highest BCUT2D eigenvalue weighted by atomic mass is 127. The summed E-state index contributed by atoms with van der Waals surface area (Å²) in [4.78, 5) is 21.9. The Morgan fingerprint density at radius 2 is 1.77 bits per heavy atom. The second-order valence-corrected chi connectivity index (χ2v) is 8.57. The van der Waals surface area contributed by atoms with Crippen LogP contribution in [0.2, 0.25) is 0 Å². The lowest BCUT2D eigenvalue weighted by Gasteiger charge is -2.33. The number of nitrogens with one attached hydrogen (secondary N) is 2. The van der Waals surface area contributed by atoms with Gasteiger partial charge in [0.2, 0.25) is 5.91 Å². The van der Waals surface area contributed by atoms with E-state index >= 15 is 0 Å². The van der Waals surface area contributed by atoms with Gasteiger partial charge in [-0.2, -0.15) is 0 Å². The summed E-state index contributed by atoms with van der Waals surface area (Å²) in [5.41, 5.74) is 2.57. The van der Waals surface area contributed by atoms with Crippen LogP contribution in [0.1, 0.15) is 56.6 Å². The zero-order valence-corrected chi connectivity index (χ0v) is 20.4. The molecule has 30 heavy (non-hydrogen) atoms. The fourth-order valence-electron chi connectivity index (χ4n) is 4.45. The summed E-state index contributed by atoms with van der Waals surface area (Å²) in [6.45, 7) is 7.55. The second-order valence-electron chi connectivity index (χ2n) is 8.57. The monoisotopic (exact) mass is 525 g/mol. The number of carbonyl (C=O) groups excluding carboxylic acids is 1. The van der Waals surface area contributed by atoms with E-state index in [1.807, 2.05) is 17.0 Å². The van der Waals surface area contributed by atoms with Gasteiger partial charge in [-0.25, -0.2) is 0 Å². The number of piperidine rings is 1. The molecule has 1 aromatic rings. The maximum absolute atomic E-state index is 12.5. The smallest absolute Gasteiger partial charge is 0.223 e. The van der Waals surface area contributed by atoms with Gasteiger partial charge >= 0.3 is 0 Å². The number of nitrogens with zero attached hydrogens (tertiary/aromatic N) is 3. The highest BCUT2D eigenvalue weighted by molar-refractivity contribution is 14.0. The zero-order valence-electron chi connectivity index (χ0n) is 18.1. The van der Waals surface area contributed by atoms with Crippen molar-refractivity contribution in [3.05, 3.63) is 35.4 Å². The van der Waals surface area contributed by atoms with Gasteiger partial charge in [-0.1, -0.05) is 24.3 Å². The van der Waals surface area contributed by atoms with Crippen molar-refractivity contribution in [3.63, 3.8) is 0 Å². The Labute approximate surface area is 197 Å². The molecule has 1 saturated heterocycles. The van der Waals surface area contributed by atoms with E-state index in [0.717, 1.165) is 38.1 Å². The topological polar surface area (TPSA) is 60.0 Å². The predicted molar refractivity (Wildman–Crippen MR) is 132 cm³/mol. The Kier molecular flexibility index (Phi) is 8.80. The molecule has 0 atom stereocenters. The predicted octanol–water partition coefficient (Wildman–Crippen LogP) is 3.11. The van der Waals surface area contributed by atoms with E-state index in [-0.39, 0.29) is 29.9 Å². The third-order valence-electron chi connectivity index (χ3n) is 6.29. The number of fused-ring (bicyclic) bond motifs is 1. The van der Waals surface area contributed by atoms with Crippen molar-refractivity contribution in [2.24, 2.45) is 4.99 Å². The van der Waals surface area contributed by atoms with Crippen LogP contribution in [0.3, 0.4) is 0 Å². The van der Waals surface area contributed by atoms with Crippen LogP contribution in [0, 0.1) is 0 Å². The van der Waals surface area contributed by atoms with Crippen LogP contribution in [-0.2, 0) is 17.9 Å². The number of aliphatic imine (C=N–C) groups is 1. The summed E-state index contributed by atoms with van der Waals surface area (Å²) in [5, 5.41) is 6.97. The molecule has 2 aliphatic heterocycles. The fourth-order valence-corrected chi connectivity index (χ4v) is 4.45. The quantitative estimate of drug-likeness (QED) is 0.249. The molecule has 6 nitrogen and oxygen atoms in total. The van der Waals surface area contributed by atoms with Gasteiger partial charge in [0, 0.05) is 57.8 Å². The molecule has 2 heterocycles. The second kappa shape index (κ2) is 11.3. The normalized spacial score (nSPS) is 19.9. The first-order valence-corrected chi connectivity index (χ1v) is 11.4. The number of amides is 1. The van der Waals surface area contributed by atoms with Gasteiger partial charge < -0.3 is 20.4 Å². The molecule has 2 fully saturated rings. The Hall–Kier alpha value is -1.35. The maximum atomic E-state index is 12.5. The minimum absolute atomic E-state index is 0. The van der Waals surface area contributed by atoms with Crippen LogP contribution in [0.5, 0.6) is 0 Å². The third kappa shape index (κ3) is 6.33. The first kappa shape index (κ1) is 23.3. The van der Waals surface area contributed by atoms with Gasteiger partial charge in [0.25, 0.3) is 0 Å². The van der Waals surface area contributed by atoms with Gasteiger partial charge in [-0.05, 0) is 50.2 Å². The SMILES string of the molecule is CCNC(=NCCCC(=O)N1Cc2ccccc2C1)NC1CCN(C2CC2)CC1.I. The van der Waals surface area contributed by atoms with E-state index < -0.39 is 0 Å². The largest absolute Gasteiger partial charge is 0.357 e. The Bertz CT molecular complexity index is 703. The van der Waals surface area contributed by atoms with E-state index in [1.165, 1.54) is 49.9 Å². The number of hydrogen-bond acceptors (Lipinski definition) is 3. The number of carbonyl (C=O) groups is 1. The number of halogens is 1. The Balaban J connectivity index is 0.00000256. The van der Waals surface area contributed by atoms with Gasteiger partial charge in [0.15, 0.2) is 5.96 Å². The minimum Gasteiger partial charge on any atom is -0.357 e. The standard InChI is InChI=1S/C23H35N5O.HI/c1-2-24-23(26-20-11-14-27(15-12-20)21-9-10-21)25-13-5-8-22(29)28-16-18-6-3-4-7-19(18)17-28;/h3-4,6-7,20-21H,2,5,8-17H2,1H3,(H2,24,25,26);1H. The highest BCUT2D eigenvalue weighted by Gasteiger charge is 2.31. The molecule has 1 saturated carbocycles. The molecular formula is C23H36IN5O. The summed E-state index contributed by atoms with van der Waals surface area (Å²) in [7, 11) is 0. The summed E-state index contributed by atoms with van der Waals surface area (Å²) < 4.78 is 0. The molecule has 0 unspecified atom stereocenters. The van der Waals surface area contributed by atoms with E-state index in [9.17, 15) is 4.79 Å². The van der Waals surface area contributed by atoms with Crippen LogP contribution in [0.4, 0.5) is 0 Å². The molecule has 4 rings (SSSR count). The van der Waals surface area contributed by atoms with Crippen molar-refractivity contribution in [1.29, 1.82) is 0 Å². The molecule has 0 bridgehead atoms. The summed E-state index contributed by atoms with van der Waals surface area (Å²) in [6, 6.07) is 9.72. The molecule has 7 heteroatoms. The summed E-state index contributed by atoms with van der Waals surface area (Å²) >= 11 is 0. The molecule has 0 aromatic heterocycles. The van der Waals surface area contributed by atoms with Crippen molar-refractivity contribution >= 4 is 35.8 Å². The lowest BCUT2D eigenvalue weighted by Crippen LogP contribution is -2.49. The van der Waals surface area contributed by atoms with E-state index in [0.29, 0.717) is 19.0 Å². The molecule has 1 aliphatic carbocycles. The highest BCUT2D eigenvalue weighted by Crippen LogP contribution is 2.29.